The van der Waals surface area contributed by atoms with Gasteiger partial charge in [-0.25, -0.2) is 4.79 Å². The van der Waals surface area contributed by atoms with Gasteiger partial charge in [-0.3, -0.25) is 0 Å². The molecule has 0 saturated carbocycles. The Kier molecular flexibility index (Phi) is 4.20. The van der Waals surface area contributed by atoms with Gasteiger partial charge in [0.1, 0.15) is 11.3 Å². The zero-order valence-corrected chi connectivity index (χ0v) is 11.2. The van der Waals surface area contributed by atoms with E-state index >= 15 is 0 Å². The lowest BCUT2D eigenvalue weighted by Gasteiger charge is -2.07. The van der Waals surface area contributed by atoms with Gasteiger partial charge < -0.3 is 10.2 Å². The van der Waals surface area contributed by atoms with Gasteiger partial charge in [0.2, 0.25) is 0 Å². The molecule has 2 N–H and O–H groups in total. The lowest BCUT2D eigenvalue weighted by Crippen LogP contribution is -2.00. The van der Waals surface area contributed by atoms with Crippen molar-refractivity contribution in [1.82, 2.24) is 0 Å². The summed E-state index contributed by atoms with van der Waals surface area (Å²) in [4.78, 5) is 11.0. The van der Waals surface area contributed by atoms with Crippen molar-refractivity contribution in [3.8, 4) is 5.75 Å². The summed E-state index contributed by atoms with van der Waals surface area (Å²) in [7, 11) is 0. The van der Waals surface area contributed by atoms with Crippen molar-refractivity contribution >= 4 is 12.0 Å². The molecule has 2 aromatic carbocycles. The smallest absolute Gasteiger partial charge is 0.339 e. The minimum atomic E-state index is -1.11. The number of aryl methyl sites for hydroxylation is 1. The average Bonchev–Trinajstić information content (AvgIpc) is 2.43. The van der Waals surface area contributed by atoms with Gasteiger partial charge in [-0.15, -0.1) is 0 Å². The summed E-state index contributed by atoms with van der Waals surface area (Å²) in [5.74, 6) is -1.26. The molecule has 102 valence electrons. The third kappa shape index (κ3) is 3.26. The molecule has 0 aliphatic rings. The van der Waals surface area contributed by atoms with Crippen LogP contribution in [-0.4, -0.2) is 16.2 Å². The van der Waals surface area contributed by atoms with E-state index in [4.69, 9.17) is 5.11 Å². The number of allylic oxidation sites excluding steroid dienone is 1. The number of carbonyl (C=O) groups is 1. The molecule has 0 heterocycles. The number of rotatable bonds is 4. The summed E-state index contributed by atoms with van der Waals surface area (Å²) in [6, 6.07) is 13.1. The molecule has 0 spiro atoms. The van der Waals surface area contributed by atoms with Crippen LogP contribution in [0.15, 0.2) is 48.5 Å². The molecule has 0 atom stereocenters. The molecular formula is C17H16O3. The molecule has 2 rings (SSSR count). The molecule has 0 fully saturated rings. The Bertz CT molecular complexity index is 643. The van der Waals surface area contributed by atoms with Gasteiger partial charge in [0.05, 0.1) is 0 Å². The molecule has 0 aromatic heterocycles. The van der Waals surface area contributed by atoms with E-state index in [1.165, 1.54) is 6.07 Å². The number of carboxylic acids is 1. The van der Waals surface area contributed by atoms with E-state index in [0.29, 0.717) is 12.0 Å². The molecule has 0 unspecified atom stereocenters. The van der Waals surface area contributed by atoms with Crippen molar-refractivity contribution < 1.29 is 15.0 Å². The van der Waals surface area contributed by atoms with Crippen LogP contribution in [0.25, 0.3) is 6.08 Å². The number of aromatic carboxylic acids is 1. The number of carboxylic acid groups (broad SMARTS) is 1. The zero-order chi connectivity index (χ0) is 14.5. The molecule has 20 heavy (non-hydrogen) atoms. The van der Waals surface area contributed by atoms with Crippen LogP contribution in [0, 0.1) is 6.92 Å². The Labute approximate surface area is 117 Å². The summed E-state index contributed by atoms with van der Waals surface area (Å²) in [6.45, 7) is 1.82. The SMILES string of the molecule is Cc1cc(CC=Cc2ccccc2)c(O)c(C(=O)O)c1. The maximum Gasteiger partial charge on any atom is 0.339 e. The van der Waals surface area contributed by atoms with Crippen LogP contribution in [0.5, 0.6) is 5.75 Å². The first-order valence-corrected chi connectivity index (χ1v) is 6.35. The predicted octanol–water partition coefficient (Wildman–Crippen LogP) is 3.65. The molecule has 3 heteroatoms. The van der Waals surface area contributed by atoms with Crippen LogP contribution in [0.4, 0.5) is 0 Å². The summed E-state index contributed by atoms with van der Waals surface area (Å²) >= 11 is 0. The fourth-order valence-corrected chi connectivity index (χ4v) is 2.06. The molecule has 0 amide bonds. The van der Waals surface area contributed by atoms with Gasteiger partial charge in [0.25, 0.3) is 0 Å². The topological polar surface area (TPSA) is 57.5 Å². The lowest BCUT2D eigenvalue weighted by atomic mass is 10.0. The Morgan fingerprint density at radius 2 is 1.90 bits per heavy atom. The highest BCUT2D eigenvalue weighted by Crippen LogP contribution is 2.25. The number of aromatic hydroxyl groups is 1. The van der Waals surface area contributed by atoms with E-state index in [1.54, 1.807) is 6.07 Å². The molecule has 3 nitrogen and oxygen atoms in total. The Morgan fingerprint density at radius 3 is 2.55 bits per heavy atom. The van der Waals surface area contributed by atoms with E-state index in [9.17, 15) is 9.90 Å². The molecule has 0 aliphatic carbocycles. The number of hydrogen-bond acceptors (Lipinski definition) is 2. The van der Waals surface area contributed by atoms with E-state index < -0.39 is 5.97 Å². The highest BCUT2D eigenvalue weighted by atomic mass is 16.4. The summed E-state index contributed by atoms with van der Waals surface area (Å²) in [6.07, 6.45) is 4.35. The standard InChI is InChI=1S/C17H16O3/c1-12-10-14(16(18)15(11-12)17(19)20)9-5-8-13-6-3-2-4-7-13/h2-8,10-11,18H,9H2,1H3,(H,19,20). The van der Waals surface area contributed by atoms with E-state index in [0.717, 1.165) is 11.1 Å². The second-order valence-electron chi connectivity index (χ2n) is 4.64. The number of hydrogen-bond donors (Lipinski definition) is 2. The molecule has 2 aromatic rings. The fourth-order valence-electron chi connectivity index (χ4n) is 2.06. The summed E-state index contributed by atoms with van der Waals surface area (Å²) in [5.41, 5.74) is 2.46. The predicted molar refractivity (Wildman–Crippen MR) is 79.0 cm³/mol. The van der Waals surface area contributed by atoms with Crippen LogP contribution < -0.4 is 0 Å². The Hall–Kier alpha value is -2.55. The maximum atomic E-state index is 11.0. The van der Waals surface area contributed by atoms with Crippen LogP contribution in [0.1, 0.15) is 27.0 Å². The lowest BCUT2D eigenvalue weighted by molar-refractivity contribution is 0.0693. The third-order valence-electron chi connectivity index (χ3n) is 3.01. The summed E-state index contributed by atoms with van der Waals surface area (Å²) < 4.78 is 0. The maximum absolute atomic E-state index is 11.0. The Balaban J connectivity index is 2.22. The third-order valence-corrected chi connectivity index (χ3v) is 3.01. The molecule has 0 aliphatic heterocycles. The van der Waals surface area contributed by atoms with Crippen LogP contribution >= 0.6 is 0 Å². The molecular weight excluding hydrogens is 252 g/mol. The number of phenols is 1. The van der Waals surface area contributed by atoms with Crippen molar-refractivity contribution in [3.63, 3.8) is 0 Å². The van der Waals surface area contributed by atoms with Crippen molar-refractivity contribution in [2.75, 3.05) is 0 Å². The first kappa shape index (κ1) is 13.9. The fraction of sp³-hybridized carbons (Fsp3) is 0.118. The van der Waals surface area contributed by atoms with Crippen molar-refractivity contribution in [1.29, 1.82) is 0 Å². The highest BCUT2D eigenvalue weighted by molar-refractivity contribution is 5.91. The van der Waals surface area contributed by atoms with Gasteiger partial charge in [-0.1, -0.05) is 48.6 Å². The normalized spacial score (nSPS) is 10.8. The van der Waals surface area contributed by atoms with Gasteiger partial charge in [0, 0.05) is 0 Å². The first-order valence-electron chi connectivity index (χ1n) is 6.35. The molecule has 0 radical (unpaired) electrons. The Morgan fingerprint density at radius 1 is 1.20 bits per heavy atom. The monoisotopic (exact) mass is 268 g/mol. The minimum Gasteiger partial charge on any atom is -0.507 e. The molecule has 0 bridgehead atoms. The zero-order valence-electron chi connectivity index (χ0n) is 11.2. The van der Waals surface area contributed by atoms with E-state index in [-0.39, 0.29) is 11.3 Å². The van der Waals surface area contributed by atoms with Gasteiger partial charge in [-0.05, 0) is 36.1 Å². The van der Waals surface area contributed by atoms with Gasteiger partial charge >= 0.3 is 5.97 Å². The van der Waals surface area contributed by atoms with Crippen molar-refractivity contribution in [2.45, 2.75) is 13.3 Å². The quantitative estimate of drug-likeness (QED) is 0.889. The van der Waals surface area contributed by atoms with Crippen molar-refractivity contribution in [3.05, 3.63) is 70.8 Å². The number of benzene rings is 2. The van der Waals surface area contributed by atoms with E-state index in [1.807, 2.05) is 49.4 Å². The van der Waals surface area contributed by atoms with Crippen LogP contribution in [0.3, 0.4) is 0 Å². The van der Waals surface area contributed by atoms with Crippen LogP contribution in [-0.2, 0) is 6.42 Å². The molecule has 0 saturated heterocycles. The van der Waals surface area contributed by atoms with E-state index in [2.05, 4.69) is 0 Å². The van der Waals surface area contributed by atoms with Crippen LogP contribution in [0.2, 0.25) is 0 Å². The largest absolute Gasteiger partial charge is 0.507 e. The summed E-state index contributed by atoms with van der Waals surface area (Å²) in [5, 5.41) is 19.0. The second-order valence-corrected chi connectivity index (χ2v) is 4.64. The van der Waals surface area contributed by atoms with Gasteiger partial charge in [-0.2, -0.15) is 0 Å². The second kappa shape index (κ2) is 6.06. The first-order chi connectivity index (χ1) is 9.58. The van der Waals surface area contributed by atoms with Crippen molar-refractivity contribution in [2.24, 2.45) is 0 Å². The minimum absolute atomic E-state index is 0.0480. The van der Waals surface area contributed by atoms with Gasteiger partial charge in [0.15, 0.2) is 0 Å². The average molecular weight is 268 g/mol. The highest BCUT2D eigenvalue weighted by Gasteiger charge is 2.13.